The average molecular weight is 532 g/mol. The molecule has 1 N–H and O–H groups in total. The SMILES string of the molecule is COc1ccc(N2C(=O)N(Cc3ccnc4ccccc34)C(C)(C)C2=O)cc1OCCNC1CCN(C)CC1. The molecule has 3 heterocycles. The Labute approximate surface area is 229 Å². The molecular formula is C30H37N5O4. The molecule has 3 amide bonds. The van der Waals surface area contributed by atoms with Gasteiger partial charge in [0.2, 0.25) is 0 Å². The van der Waals surface area contributed by atoms with E-state index >= 15 is 0 Å². The van der Waals surface area contributed by atoms with Crippen LogP contribution in [0.2, 0.25) is 0 Å². The number of fused-ring (bicyclic) bond motifs is 1. The van der Waals surface area contributed by atoms with Crippen molar-refractivity contribution in [2.24, 2.45) is 0 Å². The third-order valence-corrected chi connectivity index (χ3v) is 7.81. The molecular weight excluding hydrogens is 494 g/mol. The summed E-state index contributed by atoms with van der Waals surface area (Å²) in [5.41, 5.74) is 1.22. The third kappa shape index (κ3) is 5.42. The maximum Gasteiger partial charge on any atom is 0.332 e. The van der Waals surface area contributed by atoms with E-state index < -0.39 is 5.54 Å². The van der Waals surface area contributed by atoms with Crippen molar-refractivity contribution >= 4 is 28.5 Å². The average Bonchev–Trinajstić information content (AvgIpc) is 3.11. The van der Waals surface area contributed by atoms with E-state index in [0.29, 0.717) is 42.9 Å². The molecule has 0 bridgehead atoms. The minimum atomic E-state index is -1.03. The molecule has 9 heteroatoms. The van der Waals surface area contributed by atoms with Gasteiger partial charge in [0.05, 0.1) is 18.3 Å². The number of imide groups is 1. The fraction of sp³-hybridized carbons (Fsp3) is 0.433. The first-order chi connectivity index (χ1) is 18.8. The number of carbonyl (C=O) groups excluding carboxylic acids is 2. The van der Waals surface area contributed by atoms with E-state index in [0.717, 1.165) is 42.4 Å². The second-order valence-electron chi connectivity index (χ2n) is 10.8. The molecule has 0 spiro atoms. The van der Waals surface area contributed by atoms with Crippen molar-refractivity contribution in [1.82, 2.24) is 20.1 Å². The van der Waals surface area contributed by atoms with E-state index in [-0.39, 0.29) is 11.9 Å². The van der Waals surface area contributed by atoms with Gasteiger partial charge in [-0.15, -0.1) is 0 Å². The number of likely N-dealkylation sites (tertiary alicyclic amines) is 1. The van der Waals surface area contributed by atoms with E-state index in [1.807, 2.05) is 30.3 Å². The van der Waals surface area contributed by atoms with Crippen LogP contribution in [0.25, 0.3) is 10.9 Å². The molecule has 1 aromatic heterocycles. The Morgan fingerprint density at radius 3 is 2.59 bits per heavy atom. The van der Waals surface area contributed by atoms with E-state index in [1.54, 1.807) is 50.3 Å². The van der Waals surface area contributed by atoms with Gasteiger partial charge in [-0.2, -0.15) is 0 Å². The molecule has 0 unspecified atom stereocenters. The third-order valence-electron chi connectivity index (χ3n) is 7.81. The Bertz CT molecular complexity index is 1350. The molecule has 0 radical (unpaired) electrons. The zero-order valence-electron chi connectivity index (χ0n) is 23.1. The number of ether oxygens (including phenoxy) is 2. The second-order valence-corrected chi connectivity index (χ2v) is 10.8. The number of nitrogens with one attached hydrogen (secondary N) is 1. The van der Waals surface area contributed by atoms with Gasteiger partial charge in [-0.3, -0.25) is 9.78 Å². The molecule has 9 nitrogen and oxygen atoms in total. The highest BCUT2D eigenvalue weighted by Crippen LogP contribution is 2.38. The van der Waals surface area contributed by atoms with Crippen molar-refractivity contribution in [1.29, 1.82) is 0 Å². The summed E-state index contributed by atoms with van der Waals surface area (Å²) in [4.78, 5) is 36.9. The minimum Gasteiger partial charge on any atom is -0.493 e. The Morgan fingerprint density at radius 1 is 1.05 bits per heavy atom. The van der Waals surface area contributed by atoms with Crippen LogP contribution in [-0.2, 0) is 11.3 Å². The number of benzene rings is 2. The second kappa shape index (κ2) is 11.2. The Hall–Kier alpha value is -3.69. The van der Waals surface area contributed by atoms with Gasteiger partial charge in [0, 0.05) is 36.8 Å². The van der Waals surface area contributed by atoms with Gasteiger partial charge in [-0.1, -0.05) is 18.2 Å². The fourth-order valence-electron chi connectivity index (χ4n) is 5.35. The maximum absolute atomic E-state index is 13.7. The molecule has 0 aliphatic carbocycles. The highest BCUT2D eigenvalue weighted by molar-refractivity contribution is 6.23. The van der Waals surface area contributed by atoms with Crippen LogP contribution in [0.5, 0.6) is 11.5 Å². The van der Waals surface area contributed by atoms with Crippen LogP contribution < -0.4 is 19.7 Å². The number of rotatable bonds is 9. The van der Waals surface area contributed by atoms with Crippen LogP contribution in [0.1, 0.15) is 32.3 Å². The van der Waals surface area contributed by atoms with Crippen molar-refractivity contribution in [2.45, 2.75) is 44.8 Å². The topological polar surface area (TPSA) is 87.2 Å². The summed E-state index contributed by atoms with van der Waals surface area (Å²) in [6.07, 6.45) is 3.98. The minimum absolute atomic E-state index is 0.286. The van der Waals surface area contributed by atoms with E-state index in [2.05, 4.69) is 22.2 Å². The van der Waals surface area contributed by atoms with Crippen molar-refractivity contribution in [3.05, 3.63) is 60.3 Å². The van der Waals surface area contributed by atoms with Crippen LogP contribution in [0, 0.1) is 0 Å². The predicted octanol–water partition coefficient (Wildman–Crippen LogP) is 4.05. The number of piperidine rings is 1. The summed E-state index contributed by atoms with van der Waals surface area (Å²) in [6.45, 7) is 7.19. The fourth-order valence-corrected chi connectivity index (χ4v) is 5.35. The van der Waals surface area contributed by atoms with Gasteiger partial charge >= 0.3 is 6.03 Å². The smallest absolute Gasteiger partial charge is 0.332 e. The normalized spacial score (nSPS) is 18.3. The number of carbonyl (C=O) groups is 2. The lowest BCUT2D eigenvalue weighted by molar-refractivity contribution is -0.123. The van der Waals surface area contributed by atoms with Crippen molar-refractivity contribution in [2.75, 3.05) is 45.3 Å². The van der Waals surface area contributed by atoms with Crippen LogP contribution in [-0.4, -0.2) is 78.7 Å². The van der Waals surface area contributed by atoms with Gasteiger partial charge in [0.15, 0.2) is 11.5 Å². The standard InChI is InChI=1S/C30H37N5O4/c1-30(2)28(36)35(29(37)34(30)20-21-11-14-32-25-8-6-5-7-24(21)25)23-9-10-26(38-4)27(19-23)39-18-15-31-22-12-16-33(3)17-13-22/h5-11,14,19,22,31H,12-13,15-18,20H2,1-4H3. The predicted molar refractivity (Wildman–Crippen MR) is 151 cm³/mol. The molecule has 2 fully saturated rings. The number of para-hydroxylation sites is 1. The van der Waals surface area contributed by atoms with Crippen LogP contribution >= 0.6 is 0 Å². The van der Waals surface area contributed by atoms with Gasteiger partial charge in [0.1, 0.15) is 12.1 Å². The molecule has 5 rings (SSSR count). The Balaban J connectivity index is 1.32. The van der Waals surface area contributed by atoms with Gasteiger partial charge in [-0.25, -0.2) is 9.69 Å². The highest BCUT2D eigenvalue weighted by Gasteiger charge is 2.52. The largest absolute Gasteiger partial charge is 0.493 e. The molecule has 2 aliphatic heterocycles. The molecule has 2 aliphatic rings. The van der Waals surface area contributed by atoms with Crippen molar-refractivity contribution in [3.8, 4) is 11.5 Å². The first-order valence-electron chi connectivity index (χ1n) is 13.5. The van der Waals surface area contributed by atoms with Crippen LogP contribution in [0.4, 0.5) is 10.5 Å². The summed E-state index contributed by atoms with van der Waals surface area (Å²) in [7, 11) is 3.73. The Kier molecular flexibility index (Phi) is 7.72. The monoisotopic (exact) mass is 531 g/mol. The van der Waals surface area contributed by atoms with Gasteiger partial charge in [0.25, 0.3) is 5.91 Å². The number of hydrogen-bond donors (Lipinski definition) is 1. The summed E-state index contributed by atoms with van der Waals surface area (Å²) in [6, 6.07) is 15.0. The molecule has 0 saturated carbocycles. The first kappa shape index (κ1) is 26.9. The highest BCUT2D eigenvalue weighted by atomic mass is 16.5. The quantitative estimate of drug-likeness (QED) is 0.329. The lowest BCUT2D eigenvalue weighted by Crippen LogP contribution is -2.43. The summed E-state index contributed by atoms with van der Waals surface area (Å²) in [5, 5.41) is 4.53. The summed E-state index contributed by atoms with van der Waals surface area (Å²) >= 11 is 0. The van der Waals surface area contributed by atoms with Gasteiger partial charge in [-0.05, 0) is 76.7 Å². The van der Waals surface area contributed by atoms with E-state index in [9.17, 15) is 9.59 Å². The number of anilines is 1. The molecule has 0 atom stereocenters. The van der Waals surface area contributed by atoms with Crippen LogP contribution in [0.15, 0.2) is 54.7 Å². The van der Waals surface area contributed by atoms with Crippen molar-refractivity contribution in [3.63, 3.8) is 0 Å². The molecule has 39 heavy (non-hydrogen) atoms. The molecule has 3 aromatic rings. The maximum atomic E-state index is 13.7. The number of pyridine rings is 1. The molecule has 2 aromatic carbocycles. The van der Waals surface area contributed by atoms with Gasteiger partial charge < -0.3 is 24.6 Å². The van der Waals surface area contributed by atoms with E-state index in [4.69, 9.17) is 9.47 Å². The first-order valence-corrected chi connectivity index (χ1v) is 13.5. The zero-order valence-corrected chi connectivity index (χ0v) is 23.1. The number of aromatic nitrogens is 1. The number of nitrogens with zero attached hydrogens (tertiary/aromatic N) is 4. The number of hydrogen-bond acceptors (Lipinski definition) is 7. The number of amides is 3. The lowest BCUT2D eigenvalue weighted by atomic mass is 10.0. The van der Waals surface area contributed by atoms with E-state index in [1.165, 1.54) is 4.90 Å². The zero-order chi connectivity index (χ0) is 27.6. The summed E-state index contributed by atoms with van der Waals surface area (Å²) in [5.74, 6) is 0.764. The lowest BCUT2D eigenvalue weighted by Gasteiger charge is -2.29. The van der Waals surface area contributed by atoms with Crippen LogP contribution in [0.3, 0.4) is 0 Å². The summed E-state index contributed by atoms with van der Waals surface area (Å²) < 4.78 is 11.6. The Morgan fingerprint density at radius 2 is 1.82 bits per heavy atom. The molecule has 206 valence electrons. The van der Waals surface area contributed by atoms with Crippen molar-refractivity contribution < 1.29 is 19.1 Å². The number of methoxy groups -OCH3 is 1. The number of urea groups is 1. The molecule has 2 saturated heterocycles.